The number of nitrogens with one attached hydrogen (secondary N) is 2. The predicted molar refractivity (Wildman–Crippen MR) is 96.7 cm³/mol. The molecule has 0 aliphatic carbocycles. The summed E-state index contributed by atoms with van der Waals surface area (Å²) in [5, 5.41) is 9.16. The molecule has 1 aliphatic rings. The molecule has 124 valence electrons. The molecule has 1 saturated heterocycles. The zero-order chi connectivity index (χ0) is 16.1. The second kappa shape index (κ2) is 7.97. The summed E-state index contributed by atoms with van der Waals surface area (Å²) in [5.41, 5.74) is 1.34. The van der Waals surface area contributed by atoms with Crippen LogP contribution in [0.3, 0.4) is 0 Å². The fourth-order valence-corrected chi connectivity index (χ4v) is 3.66. The monoisotopic (exact) mass is 322 g/mol. The van der Waals surface area contributed by atoms with Gasteiger partial charge < -0.3 is 10.6 Å². The zero-order valence-electron chi connectivity index (χ0n) is 14.5. The van der Waals surface area contributed by atoms with Gasteiger partial charge in [-0.1, -0.05) is 6.92 Å². The molecule has 0 spiro atoms. The van der Waals surface area contributed by atoms with Gasteiger partial charge in [0.25, 0.3) is 0 Å². The van der Waals surface area contributed by atoms with E-state index < -0.39 is 0 Å². The van der Waals surface area contributed by atoms with Crippen molar-refractivity contribution in [3.05, 3.63) is 21.9 Å². The lowest BCUT2D eigenvalue weighted by Crippen LogP contribution is -2.46. The zero-order valence-corrected chi connectivity index (χ0v) is 15.3. The molecule has 0 saturated carbocycles. The Labute approximate surface area is 139 Å². The van der Waals surface area contributed by atoms with Crippen LogP contribution >= 0.6 is 11.3 Å². The molecule has 22 heavy (non-hydrogen) atoms. The van der Waals surface area contributed by atoms with Crippen molar-refractivity contribution in [2.24, 2.45) is 10.9 Å². The number of aryl methyl sites for hydroxylation is 1. The number of rotatable bonds is 5. The van der Waals surface area contributed by atoms with E-state index in [1.165, 1.54) is 17.0 Å². The highest BCUT2D eigenvalue weighted by Crippen LogP contribution is 2.19. The lowest BCUT2D eigenvalue weighted by molar-refractivity contribution is 0.265. The first kappa shape index (κ1) is 17.3. The van der Waals surface area contributed by atoms with Gasteiger partial charge in [-0.3, -0.25) is 4.90 Å². The molecule has 5 heteroatoms. The first-order valence-electron chi connectivity index (χ1n) is 8.33. The minimum absolute atomic E-state index is 0.477. The number of thiophene rings is 1. The first-order chi connectivity index (χ1) is 10.5. The Morgan fingerprint density at radius 3 is 2.77 bits per heavy atom. The van der Waals surface area contributed by atoms with Crippen LogP contribution in [0.5, 0.6) is 0 Å². The number of likely N-dealkylation sites (tertiary alicyclic amines) is 1. The van der Waals surface area contributed by atoms with Crippen molar-refractivity contribution < 1.29 is 0 Å². The Bertz CT molecular complexity index is 495. The van der Waals surface area contributed by atoms with E-state index >= 15 is 0 Å². The fraction of sp³-hybridized carbons (Fsp3) is 0.706. The number of nitrogens with zero attached hydrogens (tertiary/aromatic N) is 2. The van der Waals surface area contributed by atoms with Gasteiger partial charge in [-0.25, -0.2) is 4.99 Å². The van der Waals surface area contributed by atoms with E-state index in [0.717, 1.165) is 25.6 Å². The van der Waals surface area contributed by atoms with Crippen LogP contribution in [-0.2, 0) is 6.54 Å². The van der Waals surface area contributed by atoms with Crippen molar-refractivity contribution in [2.75, 3.05) is 19.6 Å². The van der Waals surface area contributed by atoms with Crippen molar-refractivity contribution in [1.29, 1.82) is 0 Å². The third kappa shape index (κ3) is 4.46. The number of guanidine groups is 1. The van der Waals surface area contributed by atoms with Crippen molar-refractivity contribution in [3.63, 3.8) is 0 Å². The third-order valence-electron chi connectivity index (χ3n) is 4.39. The summed E-state index contributed by atoms with van der Waals surface area (Å²) >= 11 is 1.79. The van der Waals surface area contributed by atoms with Crippen LogP contribution in [0.15, 0.2) is 16.4 Å². The van der Waals surface area contributed by atoms with Crippen molar-refractivity contribution >= 4 is 17.3 Å². The number of hydrogen-bond donors (Lipinski definition) is 2. The van der Waals surface area contributed by atoms with Crippen LogP contribution in [0.25, 0.3) is 0 Å². The minimum Gasteiger partial charge on any atom is -0.357 e. The van der Waals surface area contributed by atoms with E-state index in [0.29, 0.717) is 18.0 Å². The maximum Gasteiger partial charge on any atom is 0.191 e. The summed E-state index contributed by atoms with van der Waals surface area (Å²) in [5.74, 6) is 1.59. The van der Waals surface area contributed by atoms with Gasteiger partial charge >= 0.3 is 0 Å². The Morgan fingerprint density at radius 2 is 2.23 bits per heavy atom. The van der Waals surface area contributed by atoms with Gasteiger partial charge in [-0.05, 0) is 50.6 Å². The molecule has 0 bridgehead atoms. The topological polar surface area (TPSA) is 39.7 Å². The molecule has 2 heterocycles. The summed E-state index contributed by atoms with van der Waals surface area (Å²) < 4.78 is 0. The van der Waals surface area contributed by atoms with Crippen molar-refractivity contribution in [1.82, 2.24) is 15.5 Å². The lowest BCUT2D eigenvalue weighted by atomic mass is 10.1. The van der Waals surface area contributed by atoms with Crippen LogP contribution in [0.1, 0.15) is 38.1 Å². The minimum atomic E-state index is 0.477. The summed E-state index contributed by atoms with van der Waals surface area (Å²) in [4.78, 5) is 8.66. The highest BCUT2D eigenvalue weighted by molar-refractivity contribution is 7.10. The van der Waals surface area contributed by atoms with Crippen LogP contribution in [0.4, 0.5) is 0 Å². The van der Waals surface area contributed by atoms with Gasteiger partial charge in [-0.2, -0.15) is 0 Å². The SMILES string of the molecule is CCNC(=NCc1sccc1C)NC1CN(C(C)C)CC1C. The largest absolute Gasteiger partial charge is 0.357 e. The van der Waals surface area contributed by atoms with Crippen LogP contribution in [0, 0.1) is 12.8 Å². The van der Waals surface area contributed by atoms with Gasteiger partial charge in [-0.15, -0.1) is 11.3 Å². The normalized spacial score (nSPS) is 23.3. The highest BCUT2D eigenvalue weighted by atomic mass is 32.1. The van der Waals surface area contributed by atoms with Gasteiger partial charge in [0.05, 0.1) is 6.54 Å². The maximum absolute atomic E-state index is 4.77. The average Bonchev–Trinajstić information content (AvgIpc) is 3.03. The first-order valence-corrected chi connectivity index (χ1v) is 9.21. The maximum atomic E-state index is 4.77. The summed E-state index contributed by atoms with van der Waals surface area (Å²) in [6.45, 7) is 15.1. The molecule has 0 amide bonds. The Hall–Kier alpha value is -1.07. The molecule has 2 atom stereocenters. The smallest absolute Gasteiger partial charge is 0.191 e. The second-order valence-electron chi connectivity index (χ2n) is 6.50. The van der Waals surface area contributed by atoms with Gasteiger partial charge in [0, 0.05) is 36.6 Å². The fourth-order valence-electron chi connectivity index (χ4n) is 2.83. The van der Waals surface area contributed by atoms with Crippen LogP contribution < -0.4 is 10.6 Å². The van der Waals surface area contributed by atoms with E-state index in [1.807, 2.05) is 0 Å². The van der Waals surface area contributed by atoms with Crippen molar-refractivity contribution in [2.45, 2.75) is 53.2 Å². The average molecular weight is 323 g/mol. The van der Waals surface area contributed by atoms with E-state index in [1.54, 1.807) is 11.3 Å². The van der Waals surface area contributed by atoms with Gasteiger partial charge in [0.1, 0.15) is 0 Å². The summed E-state index contributed by atoms with van der Waals surface area (Å²) in [6.07, 6.45) is 0. The Balaban J connectivity index is 1.98. The van der Waals surface area contributed by atoms with E-state index in [2.05, 4.69) is 61.6 Å². The van der Waals surface area contributed by atoms with Gasteiger partial charge in [0.15, 0.2) is 5.96 Å². The molecular formula is C17H30N4S. The second-order valence-corrected chi connectivity index (χ2v) is 7.50. The Kier molecular flexibility index (Phi) is 6.26. The van der Waals surface area contributed by atoms with Crippen LogP contribution in [0.2, 0.25) is 0 Å². The molecule has 0 aromatic carbocycles. The van der Waals surface area contributed by atoms with Gasteiger partial charge in [0.2, 0.25) is 0 Å². The van der Waals surface area contributed by atoms with E-state index in [9.17, 15) is 0 Å². The molecule has 2 N–H and O–H groups in total. The molecule has 1 aromatic rings. The van der Waals surface area contributed by atoms with Crippen molar-refractivity contribution in [3.8, 4) is 0 Å². The standard InChI is InChI=1S/C17H30N4S/c1-6-18-17(19-9-16-13(4)7-8-22-16)20-15-11-21(12(2)3)10-14(15)5/h7-8,12,14-15H,6,9-11H2,1-5H3,(H2,18,19,20). The molecule has 1 fully saturated rings. The molecule has 0 radical (unpaired) electrons. The highest BCUT2D eigenvalue weighted by Gasteiger charge is 2.31. The predicted octanol–water partition coefficient (Wildman–Crippen LogP) is 2.84. The number of hydrogen-bond acceptors (Lipinski definition) is 3. The lowest BCUT2D eigenvalue weighted by Gasteiger charge is -2.21. The molecule has 2 rings (SSSR count). The third-order valence-corrected chi connectivity index (χ3v) is 5.39. The Morgan fingerprint density at radius 1 is 1.45 bits per heavy atom. The number of aliphatic imine (C=N–C) groups is 1. The molecular weight excluding hydrogens is 292 g/mol. The summed E-state index contributed by atoms with van der Waals surface area (Å²) in [7, 11) is 0. The van der Waals surface area contributed by atoms with Crippen LogP contribution in [-0.4, -0.2) is 42.6 Å². The molecule has 2 unspecified atom stereocenters. The van der Waals surface area contributed by atoms with E-state index in [4.69, 9.17) is 4.99 Å². The summed E-state index contributed by atoms with van der Waals surface area (Å²) in [6, 6.07) is 3.25. The molecule has 1 aliphatic heterocycles. The quantitative estimate of drug-likeness (QED) is 0.647. The molecule has 4 nitrogen and oxygen atoms in total. The van der Waals surface area contributed by atoms with E-state index in [-0.39, 0.29) is 0 Å². The molecule has 1 aromatic heterocycles.